The summed E-state index contributed by atoms with van der Waals surface area (Å²) in [6.45, 7) is -0.0789. The Balaban J connectivity index is 1.51. The Kier molecular flexibility index (Phi) is 4.63. The normalized spacial score (nSPS) is 10.9. The lowest BCUT2D eigenvalue weighted by Gasteiger charge is -2.08. The third-order valence-electron chi connectivity index (χ3n) is 4.24. The largest absolute Gasteiger partial charge is 0.457 e. The lowest BCUT2D eigenvalue weighted by Crippen LogP contribution is -2.23. The maximum Gasteiger partial charge on any atom is 0.312 e. The molecular weight excluding hydrogens is 360 g/mol. The smallest absolute Gasteiger partial charge is 0.312 e. The van der Waals surface area contributed by atoms with Gasteiger partial charge in [0, 0.05) is 12.4 Å². The highest BCUT2D eigenvalue weighted by Gasteiger charge is 2.15. The fraction of sp³-hybridized carbons (Fsp3) is 0.158. The van der Waals surface area contributed by atoms with Crippen LogP contribution in [0.5, 0.6) is 0 Å². The summed E-state index contributed by atoms with van der Waals surface area (Å²) >= 11 is 0. The Bertz CT molecular complexity index is 1200. The van der Waals surface area contributed by atoms with Crippen LogP contribution in [0.2, 0.25) is 0 Å². The molecule has 9 heteroatoms. The lowest BCUT2D eigenvalue weighted by atomic mass is 10.1. The predicted octanol–water partition coefficient (Wildman–Crippen LogP) is 1.20. The van der Waals surface area contributed by atoms with E-state index in [1.54, 1.807) is 31.3 Å². The summed E-state index contributed by atoms with van der Waals surface area (Å²) in [4.78, 5) is 24.5. The fourth-order valence-electron chi connectivity index (χ4n) is 2.90. The first-order chi connectivity index (χ1) is 13.6. The van der Waals surface area contributed by atoms with Crippen molar-refractivity contribution >= 4 is 16.7 Å². The quantitative estimate of drug-likeness (QED) is 0.482. The van der Waals surface area contributed by atoms with Gasteiger partial charge in [-0.15, -0.1) is 5.10 Å². The van der Waals surface area contributed by atoms with E-state index in [4.69, 9.17) is 4.74 Å². The third-order valence-corrected chi connectivity index (χ3v) is 4.24. The molecule has 0 aliphatic heterocycles. The first-order valence-electron chi connectivity index (χ1n) is 8.56. The van der Waals surface area contributed by atoms with Crippen molar-refractivity contribution in [2.75, 3.05) is 0 Å². The standard InChI is InChI=1S/C19H16N6O3/c1-24-19(27)15-10-6-5-9-14(15)16(21-24)11-18(26)28-12-17-20-22-23-25(17)13-7-3-2-4-8-13/h2-10H,11-12H2,1H3. The topological polar surface area (TPSA) is 105 Å². The van der Waals surface area contributed by atoms with Gasteiger partial charge in [-0.25, -0.2) is 4.68 Å². The maximum absolute atomic E-state index is 12.4. The van der Waals surface area contributed by atoms with E-state index >= 15 is 0 Å². The molecule has 0 unspecified atom stereocenters. The van der Waals surface area contributed by atoms with E-state index in [1.165, 1.54) is 9.36 Å². The van der Waals surface area contributed by atoms with E-state index in [-0.39, 0.29) is 18.6 Å². The van der Waals surface area contributed by atoms with Gasteiger partial charge >= 0.3 is 5.97 Å². The second-order valence-corrected chi connectivity index (χ2v) is 6.10. The number of fused-ring (bicyclic) bond motifs is 1. The summed E-state index contributed by atoms with van der Waals surface area (Å²) in [5.41, 5.74) is 1.03. The van der Waals surface area contributed by atoms with E-state index in [0.29, 0.717) is 22.3 Å². The molecule has 0 radical (unpaired) electrons. The van der Waals surface area contributed by atoms with Crippen molar-refractivity contribution in [2.24, 2.45) is 7.05 Å². The number of para-hydroxylation sites is 1. The molecule has 9 nitrogen and oxygen atoms in total. The molecule has 0 aliphatic rings. The van der Waals surface area contributed by atoms with Gasteiger partial charge in [0.2, 0.25) is 0 Å². The van der Waals surface area contributed by atoms with Gasteiger partial charge in [-0.05, 0) is 28.6 Å². The molecule has 140 valence electrons. The van der Waals surface area contributed by atoms with E-state index in [9.17, 15) is 9.59 Å². The first kappa shape index (κ1) is 17.5. The van der Waals surface area contributed by atoms with Crippen LogP contribution in [0.3, 0.4) is 0 Å². The molecule has 4 aromatic rings. The number of carbonyl (C=O) groups is 1. The Morgan fingerprint density at radius 3 is 2.54 bits per heavy atom. The van der Waals surface area contributed by atoms with Gasteiger partial charge < -0.3 is 4.74 Å². The number of ether oxygens (including phenoxy) is 1. The SMILES string of the molecule is Cn1nc(CC(=O)OCc2nnnn2-c2ccccc2)c2ccccc2c1=O. The molecule has 0 aliphatic carbocycles. The molecule has 4 rings (SSSR count). The zero-order valence-corrected chi connectivity index (χ0v) is 15.0. The van der Waals surface area contributed by atoms with Crippen LogP contribution >= 0.6 is 0 Å². The molecular formula is C19H16N6O3. The van der Waals surface area contributed by atoms with Crippen LogP contribution in [-0.4, -0.2) is 36.0 Å². The van der Waals surface area contributed by atoms with Crippen LogP contribution in [0.15, 0.2) is 59.4 Å². The number of aryl methyl sites for hydroxylation is 1. The van der Waals surface area contributed by atoms with Crippen molar-refractivity contribution in [3.63, 3.8) is 0 Å². The highest BCUT2D eigenvalue weighted by Crippen LogP contribution is 2.14. The average molecular weight is 376 g/mol. The Morgan fingerprint density at radius 1 is 1.04 bits per heavy atom. The highest BCUT2D eigenvalue weighted by molar-refractivity contribution is 5.86. The summed E-state index contributed by atoms with van der Waals surface area (Å²) in [6.07, 6.45) is -0.0679. The van der Waals surface area contributed by atoms with Crippen LogP contribution in [0.4, 0.5) is 0 Å². The van der Waals surface area contributed by atoms with Gasteiger partial charge in [0.1, 0.15) is 0 Å². The van der Waals surface area contributed by atoms with Crippen molar-refractivity contribution < 1.29 is 9.53 Å². The van der Waals surface area contributed by atoms with Crippen LogP contribution < -0.4 is 5.56 Å². The minimum atomic E-state index is -0.487. The van der Waals surface area contributed by atoms with E-state index in [1.807, 2.05) is 30.3 Å². The molecule has 2 aromatic carbocycles. The van der Waals surface area contributed by atoms with Crippen molar-refractivity contribution in [3.05, 3.63) is 76.5 Å². The van der Waals surface area contributed by atoms with E-state index < -0.39 is 5.97 Å². The third kappa shape index (κ3) is 3.37. The molecule has 0 bridgehead atoms. The van der Waals surface area contributed by atoms with Gasteiger partial charge in [0.05, 0.1) is 23.2 Å². The molecule has 28 heavy (non-hydrogen) atoms. The maximum atomic E-state index is 12.4. The summed E-state index contributed by atoms with van der Waals surface area (Å²) in [7, 11) is 1.55. The Morgan fingerprint density at radius 2 is 1.75 bits per heavy atom. The molecule has 0 spiro atoms. The second kappa shape index (κ2) is 7.39. The first-order valence-corrected chi connectivity index (χ1v) is 8.56. The number of tetrazole rings is 1. The van der Waals surface area contributed by atoms with Crippen LogP contribution in [0, 0.1) is 0 Å². The minimum absolute atomic E-state index is 0.0679. The zero-order chi connectivity index (χ0) is 19.5. The monoisotopic (exact) mass is 376 g/mol. The summed E-state index contributed by atoms with van der Waals surface area (Å²) < 4.78 is 8.07. The number of esters is 1. The van der Waals surface area contributed by atoms with Crippen molar-refractivity contribution in [3.8, 4) is 5.69 Å². The van der Waals surface area contributed by atoms with Gasteiger partial charge in [0.25, 0.3) is 5.56 Å². The number of nitrogens with zero attached hydrogens (tertiary/aromatic N) is 6. The second-order valence-electron chi connectivity index (χ2n) is 6.10. The van der Waals surface area contributed by atoms with E-state index in [0.717, 1.165) is 5.69 Å². The van der Waals surface area contributed by atoms with Crippen molar-refractivity contribution in [1.29, 1.82) is 0 Å². The minimum Gasteiger partial charge on any atom is -0.457 e. The Labute approximate surface area is 159 Å². The summed E-state index contributed by atoms with van der Waals surface area (Å²) in [5.74, 6) is -0.0863. The molecule has 0 saturated heterocycles. The number of hydrogen-bond acceptors (Lipinski definition) is 7. The number of hydrogen-bond donors (Lipinski definition) is 0. The van der Waals surface area contributed by atoms with Crippen molar-refractivity contribution in [2.45, 2.75) is 13.0 Å². The van der Waals surface area contributed by atoms with Crippen LogP contribution in [0.1, 0.15) is 11.5 Å². The molecule has 2 heterocycles. The fourth-order valence-corrected chi connectivity index (χ4v) is 2.90. The molecule has 0 N–H and O–H groups in total. The summed E-state index contributed by atoms with van der Waals surface area (Å²) in [5, 5.41) is 16.8. The predicted molar refractivity (Wildman–Crippen MR) is 99.6 cm³/mol. The van der Waals surface area contributed by atoms with Crippen LogP contribution in [-0.2, 0) is 29.6 Å². The van der Waals surface area contributed by atoms with Gasteiger partial charge in [-0.1, -0.05) is 36.4 Å². The molecule has 2 aromatic heterocycles. The number of aromatic nitrogens is 6. The zero-order valence-electron chi connectivity index (χ0n) is 15.0. The lowest BCUT2D eigenvalue weighted by molar-refractivity contribution is -0.144. The molecule has 0 fully saturated rings. The molecule has 0 atom stereocenters. The number of rotatable bonds is 5. The van der Waals surface area contributed by atoms with Gasteiger partial charge in [0.15, 0.2) is 12.4 Å². The number of carbonyl (C=O) groups excluding carboxylic acids is 1. The summed E-state index contributed by atoms with van der Waals surface area (Å²) in [6, 6.07) is 16.4. The Hall–Kier alpha value is -3.88. The van der Waals surface area contributed by atoms with Crippen LogP contribution in [0.25, 0.3) is 16.5 Å². The van der Waals surface area contributed by atoms with Gasteiger partial charge in [-0.2, -0.15) is 9.78 Å². The van der Waals surface area contributed by atoms with Crippen molar-refractivity contribution in [1.82, 2.24) is 30.0 Å². The number of benzene rings is 2. The molecule has 0 amide bonds. The van der Waals surface area contributed by atoms with E-state index in [2.05, 4.69) is 20.6 Å². The molecule has 0 saturated carbocycles. The highest BCUT2D eigenvalue weighted by atomic mass is 16.5. The van der Waals surface area contributed by atoms with Gasteiger partial charge in [-0.3, -0.25) is 9.59 Å². The average Bonchev–Trinajstić information content (AvgIpc) is 3.20.